The zero-order valence-electron chi connectivity index (χ0n) is 25.0. The zero-order chi connectivity index (χ0) is 30.7. The molecule has 4 aromatic carbocycles. The number of hydrogen-bond donors (Lipinski definition) is 2. The number of esters is 1. The summed E-state index contributed by atoms with van der Waals surface area (Å²) in [6.45, 7) is 1.21. The van der Waals surface area contributed by atoms with Crippen molar-refractivity contribution in [3.05, 3.63) is 125 Å². The van der Waals surface area contributed by atoms with Gasteiger partial charge >= 0.3 is 5.97 Å². The Morgan fingerprint density at radius 3 is 2.14 bits per heavy atom. The van der Waals surface area contributed by atoms with Crippen molar-refractivity contribution in [1.82, 2.24) is 0 Å². The third kappa shape index (κ3) is 7.72. The molecule has 7 nitrogen and oxygen atoms in total. The highest BCUT2D eigenvalue weighted by Gasteiger charge is 2.27. The number of nitrogens with one attached hydrogen (secondary N) is 2. The molecule has 0 radical (unpaired) electrons. The number of ether oxygens (including phenoxy) is 2. The van der Waals surface area contributed by atoms with Gasteiger partial charge < -0.3 is 20.1 Å². The third-order valence-electron chi connectivity index (χ3n) is 7.96. The fourth-order valence-electron chi connectivity index (χ4n) is 5.26. The predicted molar refractivity (Wildman–Crippen MR) is 173 cm³/mol. The second kappa shape index (κ2) is 15.0. The van der Waals surface area contributed by atoms with Crippen molar-refractivity contribution in [2.24, 2.45) is 5.92 Å². The average Bonchev–Trinajstić information content (AvgIpc) is 3.04. The lowest BCUT2D eigenvalue weighted by Crippen LogP contribution is -2.33. The van der Waals surface area contributed by atoms with E-state index in [2.05, 4.69) is 10.6 Å². The van der Waals surface area contributed by atoms with Crippen LogP contribution in [0.5, 0.6) is 5.75 Å². The van der Waals surface area contributed by atoms with E-state index >= 15 is 0 Å². The molecule has 226 valence electrons. The maximum absolute atomic E-state index is 13.2. The van der Waals surface area contributed by atoms with Crippen LogP contribution in [0.15, 0.2) is 103 Å². The van der Waals surface area contributed by atoms with Crippen LogP contribution in [-0.2, 0) is 16.0 Å². The van der Waals surface area contributed by atoms with Gasteiger partial charge in [0.1, 0.15) is 11.8 Å². The number of para-hydroxylation sites is 2. The molecule has 0 aliphatic heterocycles. The van der Waals surface area contributed by atoms with Crippen LogP contribution in [0.25, 0.3) is 0 Å². The minimum atomic E-state index is -0.693. The van der Waals surface area contributed by atoms with Gasteiger partial charge in [0.05, 0.1) is 13.7 Å². The quantitative estimate of drug-likeness (QED) is 0.0877. The summed E-state index contributed by atoms with van der Waals surface area (Å²) in [4.78, 5) is 38.7. The van der Waals surface area contributed by atoms with Crippen molar-refractivity contribution in [3.8, 4) is 5.75 Å². The molecule has 5 rings (SSSR count). The third-order valence-corrected chi connectivity index (χ3v) is 7.96. The summed E-state index contributed by atoms with van der Waals surface area (Å²) in [5.74, 6) is 0.597. The monoisotopic (exact) mass is 590 g/mol. The van der Waals surface area contributed by atoms with Crippen LogP contribution in [0.3, 0.4) is 0 Å². The van der Waals surface area contributed by atoms with E-state index < -0.39 is 12.0 Å². The van der Waals surface area contributed by atoms with Crippen LogP contribution in [0.1, 0.15) is 57.5 Å². The second-order valence-electron chi connectivity index (χ2n) is 11.0. The van der Waals surface area contributed by atoms with Gasteiger partial charge in [0, 0.05) is 46.9 Å². The van der Waals surface area contributed by atoms with Crippen LogP contribution in [0.2, 0.25) is 0 Å². The first-order valence-electron chi connectivity index (χ1n) is 15.2. The Kier molecular flexibility index (Phi) is 10.4. The highest BCUT2D eigenvalue weighted by molar-refractivity contribution is 6.12. The van der Waals surface area contributed by atoms with E-state index in [0.29, 0.717) is 36.4 Å². The Labute approximate surface area is 258 Å². The van der Waals surface area contributed by atoms with Crippen molar-refractivity contribution < 1.29 is 23.9 Å². The first-order valence-corrected chi connectivity index (χ1v) is 15.2. The number of rotatable bonds is 15. The molecule has 0 spiro atoms. The number of anilines is 2. The maximum Gasteiger partial charge on any atom is 0.328 e. The molecule has 1 saturated carbocycles. The van der Waals surface area contributed by atoms with Gasteiger partial charge in [0.25, 0.3) is 0 Å². The number of Topliss-reactive ketones (excluding diaryl/α,β-unsaturated/α-hetero) is 1. The highest BCUT2D eigenvalue weighted by Crippen LogP contribution is 2.32. The smallest absolute Gasteiger partial charge is 0.328 e. The standard InChI is InChI=1S/C37H38N2O5/c1-43-37(42)34(39-33-18-8-6-16-31(33)36(41)27-11-3-2-4-12-27)25-26-19-21-29(22-20-26)44-24-10-23-38-32-17-7-5-15-30(32)35(40)28-13-9-14-28/h2-8,11-12,15-22,28,34,38-39H,9-10,13-14,23-25H2,1H3. The Balaban J connectivity index is 1.14. The molecular formula is C37H38N2O5. The van der Waals surface area contributed by atoms with Gasteiger partial charge in [0.15, 0.2) is 11.6 Å². The highest BCUT2D eigenvalue weighted by atomic mass is 16.5. The van der Waals surface area contributed by atoms with Crippen LogP contribution < -0.4 is 15.4 Å². The normalized spacial score (nSPS) is 13.3. The zero-order valence-corrected chi connectivity index (χ0v) is 25.0. The van der Waals surface area contributed by atoms with E-state index in [4.69, 9.17) is 9.47 Å². The van der Waals surface area contributed by atoms with E-state index in [1.54, 1.807) is 30.3 Å². The molecule has 2 N–H and O–H groups in total. The van der Waals surface area contributed by atoms with Gasteiger partial charge in [-0.3, -0.25) is 9.59 Å². The second-order valence-corrected chi connectivity index (χ2v) is 11.0. The molecular weight excluding hydrogens is 552 g/mol. The van der Waals surface area contributed by atoms with Crippen molar-refractivity contribution >= 4 is 28.9 Å². The summed E-state index contributed by atoms with van der Waals surface area (Å²) < 4.78 is 11.0. The van der Waals surface area contributed by atoms with E-state index in [1.807, 2.05) is 72.8 Å². The fraction of sp³-hybridized carbons (Fsp3) is 0.270. The van der Waals surface area contributed by atoms with Crippen LogP contribution in [0, 0.1) is 5.92 Å². The first-order chi connectivity index (χ1) is 21.5. The van der Waals surface area contributed by atoms with E-state index in [1.165, 1.54) is 7.11 Å². The van der Waals surface area contributed by atoms with E-state index in [0.717, 1.165) is 48.2 Å². The van der Waals surface area contributed by atoms with Crippen LogP contribution in [-0.4, -0.2) is 43.8 Å². The lowest BCUT2D eigenvalue weighted by atomic mass is 9.79. The summed E-state index contributed by atoms with van der Waals surface area (Å²) in [6.07, 6.45) is 4.25. The van der Waals surface area contributed by atoms with Gasteiger partial charge in [-0.1, -0.05) is 73.2 Å². The maximum atomic E-state index is 13.2. The van der Waals surface area contributed by atoms with Gasteiger partial charge in [0.2, 0.25) is 0 Å². The molecule has 44 heavy (non-hydrogen) atoms. The van der Waals surface area contributed by atoms with Crippen molar-refractivity contribution in [2.75, 3.05) is 30.9 Å². The van der Waals surface area contributed by atoms with Crippen LogP contribution >= 0.6 is 0 Å². The lowest BCUT2D eigenvalue weighted by Gasteiger charge is -2.25. The predicted octanol–water partition coefficient (Wildman–Crippen LogP) is 6.98. The van der Waals surface area contributed by atoms with Crippen molar-refractivity contribution in [1.29, 1.82) is 0 Å². The molecule has 4 aromatic rings. The van der Waals surface area contributed by atoms with E-state index in [-0.39, 0.29) is 17.5 Å². The SMILES string of the molecule is COC(=O)C(Cc1ccc(OCCCNc2ccccc2C(=O)C2CCC2)cc1)Nc1ccccc1C(=O)c1ccccc1. The number of hydrogen-bond acceptors (Lipinski definition) is 7. The Hall–Kier alpha value is -4.91. The van der Waals surface area contributed by atoms with Gasteiger partial charge in [-0.25, -0.2) is 4.79 Å². The molecule has 0 saturated heterocycles. The van der Waals surface area contributed by atoms with Crippen molar-refractivity contribution in [3.63, 3.8) is 0 Å². The topological polar surface area (TPSA) is 93.7 Å². The van der Waals surface area contributed by atoms with Crippen molar-refractivity contribution in [2.45, 2.75) is 38.1 Å². The van der Waals surface area contributed by atoms with E-state index in [9.17, 15) is 14.4 Å². The summed E-state index contributed by atoms with van der Waals surface area (Å²) in [7, 11) is 1.36. The summed E-state index contributed by atoms with van der Waals surface area (Å²) in [6, 6.07) is 30.9. The molecule has 0 bridgehead atoms. The first kappa shape index (κ1) is 30.5. The van der Waals surface area contributed by atoms with Gasteiger partial charge in [-0.2, -0.15) is 0 Å². The Morgan fingerprint density at radius 2 is 1.45 bits per heavy atom. The average molecular weight is 591 g/mol. The number of carbonyl (C=O) groups is 3. The molecule has 1 atom stereocenters. The summed E-state index contributed by atoms with van der Waals surface area (Å²) in [5, 5.41) is 6.64. The molecule has 1 unspecified atom stereocenters. The minimum absolute atomic E-state index is 0.125. The molecule has 7 heteroatoms. The molecule has 1 aliphatic carbocycles. The molecule has 0 heterocycles. The number of methoxy groups -OCH3 is 1. The molecule has 0 aromatic heterocycles. The Bertz CT molecular complexity index is 1560. The summed E-state index contributed by atoms with van der Waals surface area (Å²) in [5.41, 5.74) is 4.21. The largest absolute Gasteiger partial charge is 0.494 e. The molecule has 1 aliphatic rings. The number of benzene rings is 4. The Morgan fingerprint density at radius 1 is 0.795 bits per heavy atom. The summed E-state index contributed by atoms with van der Waals surface area (Å²) >= 11 is 0. The molecule has 1 fully saturated rings. The molecule has 0 amide bonds. The minimum Gasteiger partial charge on any atom is -0.494 e. The van der Waals surface area contributed by atoms with Gasteiger partial charge in [-0.05, 0) is 61.2 Å². The fourth-order valence-corrected chi connectivity index (χ4v) is 5.26. The number of ketones is 2. The number of carbonyl (C=O) groups excluding carboxylic acids is 3. The van der Waals surface area contributed by atoms with Crippen LogP contribution in [0.4, 0.5) is 11.4 Å². The lowest BCUT2D eigenvalue weighted by molar-refractivity contribution is -0.141. The van der Waals surface area contributed by atoms with Gasteiger partial charge in [-0.15, -0.1) is 0 Å².